The Hall–Kier alpha value is -0.690. The summed E-state index contributed by atoms with van der Waals surface area (Å²) in [6, 6.07) is 0.622. The molecule has 0 saturated carbocycles. The summed E-state index contributed by atoms with van der Waals surface area (Å²) in [6.45, 7) is 4.45. The average molecular weight is 340 g/mol. The second kappa shape index (κ2) is 8.61. The zero-order chi connectivity index (χ0) is 16.9. The first-order valence-corrected chi connectivity index (χ1v) is 9.51. The van der Waals surface area contributed by atoms with Crippen LogP contribution in [0.4, 0.5) is 0 Å². The van der Waals surface area contributed by atoms with Gasteiger partial charge in [-0.3, -0.25) is 9.69 Å². The second-order valence-corrected chi connectivity index (χ2v) is 7.43. The Bertz CT molecular complexity index is 408. The van der Waals surface area contributed by atoms with Crippen molar-refractivity contribution < 1.29 is 19.4 Å². The van der Waals surface area contributed by atoms with E-state index in [-0.39, 0.29) is 24.0 Å². The summed E-state index contributed by atoms with van der Waals surface area (Å²) in [6.07, 6.45) is 4.91. The van der Waals surface area contributed by atoms with Crippen molar-refractivity contribution >= 4 is 5.91 Å². The van der Waals surface area contributed by atoms with Crippen LogP contribution in [0.25, 0.3) is 0 Å². The maximum atomic E-state index is 12.7. The minimum Gasteiger partial charge on any atom is -0.391 e. The van der Waals surface area contributed by atoms with Crippen LogP contribution in [0.15, 0.2) is 0 Å². The highest BCUT2D eigenvalue weighted by molar-refractivity contribution is 5.79. The molecule has 2 atom stereocenters. The van der Waals surface area contributed by atoms with Crippen molar-refractivity contribution in [2.45, 2.75) is 56.7 Å². The molecule has 3 fully saturated rings. The molecular weight excluding hydrogens is 308 g/mol. The van der Waals surface area contributed by atoms with Gasteiger partial charge in [0, 0.05) is 57.5 Å². The van der Waals surface area contributed by atoms with Crippen molar-refractivity contribution in [1.82, 2.24) is 9.80 Å². The molecule has 6 nitrogen and oxygen atoms in total. The fourth-order valence-corrected chi connectivity index (χ4v) is 4.33. The number of likely N-dealkylation sites (N-methyl/N-ethyl adjacent to an activating group) is 1. The molecule has 0 aromatic carbocycles. The molecule has 6 heteroatoms. The molecule has 3 heterocycles. The largest absolute Gasteiger partial charge is 0.391 e. The van der Waals surface area contributed by atoms with Gasteiger partial charge in [-0.05, 0) is 45.6 Å². The van der Waals surface area contributed by atoms with E-state index in [0.29, 0.717) is 32.2 Å². The highest BCUT2D eigenvalue weighted by Gasteiger charge is 2.34. The highest BCUT2D eigenvalue weighted by Crippen LogP contribution is 2.25. The number of amides is 1. The van der Waals surface area contributed by atoms with Gasteiger partial charge in [-0.15, -0.1) is 0 Å². The smallest absolute Gasteiger partial charge is 0.225 e. The third-order valence-electron chi connectivity index (χ3n) is 6.01. The van der Waals surface area contributed by atoms with E-state index in [0.717, 1.165) is 51.9 Å². The van der Waals surface area contributed by atoms with Gasteiger partial charge in [0.15, 0.2) is 0 Å². The van der Waals surface area contributed by atoms with Crippen molar-refractivity contribution in [1.29, 1.82) is 0 Å². The van der Waals surface area contributed by atoms with E-state index >= 15 is 0 Å². The summed E-state index contributed by atoms with van der Waals surface area (Å²) >= 11 is 0. The molecule has 138 valence electrons. The minimum absolute atomic E-state index is 0.112. The molecule has 3 saturated heterocycles. The Labute approximate surface area is 145 Å². The summed E-state index contributed by atoms with van der Waals surface area (Å²) in [5, 5.41) is 10.6. The summed E-state index contributed by atoms with van der Waals surface area (Å²) in [5.74, 6) is 0.375. The molecule has 3 rings (SSSR count). The quantitative estimate of drug-likeness (QED) is 0.826. The van der Waals surface area contributed by atoms with Crippen molar-refractivity contribution in [2.24, 2.45) is 5.92 Å². The minimum atomic E-state index is -0.356. The van der Waals surface area contributed by atoms with Crippen LogP contribution in [0.2, 0.25) is 0 Å². The Morgan fingerprint density at radius 2 is 1.54 bits per heavy atom. The second-order valence-electron chi connectivity index (χ2n) is 7.43. The van der Waals surface area contributed by atoms with Gasteiger partial charge in [0.05, 0.1) is 6.10 Å². The fraction of sp³-hybridized carbons (Fsp3) is 0.944. The average Bonchev–Trinajstić information content (AvgIpc) is 2.84. The Morgan fingerprint density at radius 3 is 2.21 bits per heavy atom. The number of aliphatic hydroxyl groups excluding tert-OH is 1. The lowest BCUT2D eigenvalue weighted by molar-refractivity contribution is -0.138. The Kier molecular flexibility index (Phi) is 6.49. The number of hydrogen-bond donors (Lipinski definition) is 1. The summed E-state index contributed by atoms with van der Waals surface area (Å²) in [5.41, 5.74) is 0. The summed E-state index contributed by atoms with van der Waals surface area (Å²) in [4.78, 5) is 17.1. The van der Waals surface area contributed by atoms with Gasteiger partial charge in [-0.2, -0.15) is 0 Å². The van der Waals surface area contributed by atoms with E-state index in [1.807, 2.05) is 4.90 Å². The van der Waals surface area contributed by atoms with Gasteiger partial charge >= 0.3 is 0 Å². The number of likely N-dealkylation sites (tertiary alicyclic amines) is 1. The monoisotopic (exact) mass is 340 g/mol. The number of ether oxygens (including phenoxy) is 2. The molecule has 1 N–H and O–H groups in total. The first-order chi connectivity index (χ1) is 11.7. The zero-order valence-corrected chi connectivity index (χ0v) is 14.9. The van der Waals surface area contributed by atoms with Gasteiger partial charge in [0.1, 0.15) is 0 Å². The molecule has 3 aliphatic heterocycles. The Balaban J connectivity index is 1.56. The lowest BCUT2D eigenvalue weighted by Gasteiger charge is -2.38. The number of hydrogen-bond acceptors (Lipinski definition) is 5. The van der Waals surface area contributed by atoms with Crippen LogP contribution in [-0.2, 0) is 14.3 Å². The number of carbonyl (C=O) groups is 1. The van der Waals surface area contributed by atoms with E-state index in [9.17, 15) is 9.90 Å². The molecule has 0 aromatic rings. The first-order valence-electron chi connectivity index (χ1n) is 9.51. The van der Waals surface area contributed by atoms with Gasteiger partial charge in [-0.25, -0.2) is 0 Å². The van der Waals surface area contributed by atoms with Crippen LogP contribution < -0.4 is 0 Å². The topological polar surface area (TPSA) is 62.2 Å². The van der Waals surface area contributed by atoms with Crippen LogP contribution in [0, 0.1) is 5.92 Å². The first kappa shape index (κ1) is 18.1. The van der Waals surface area contributed by atoms with E-state index < -0.39 is 0 Å². The molecule has 1 amide bonds. The van der Waals surface area contributed by atoms with E-state index in [2.05, 4.69) is 11.9 Å². The van der Waals surface area contributed by atoms with Gasteiger partial charge < -0.3 is 19.5 Å². The van der Waals surface area contributed by atoms with E-state index in [1.54, 1.807) is 0 Å². The van der Waals surface area contributed by atoms with Crippen LogP contribution >= 0.6 is 0 Å². The third-order valence-corrected chi connectivity index (χ3v) is 6.01. The molecule has 0 bridgehead atoms. The molecule has 0 unspecified atom stereocenters. The predicted molar refractivity (Wildman–Crippen MR) is 90.8 cm³/mol. The fourth-order valence-electron chi connectivity index (χ4n) is 4.33. The predicted octanol–water partition coefficient (Wildman–Crippen LogP) is 0.876. The molecule has 0 spiro atoms. The van der Waals surface area contributed by atoms with Crippen LogP contribution in [-0.4, -0.2) is 85.6 Å². The number of carbonyl (C=O) groups excluding carboxylic acids is 1. The van der Waals surface area contributed by atoms with Gasteiger partial charge in [0.25, 0.3) is 0 Å². The lowest BCUT2D eigenvalue weighted by Crippen LogP contribution is -2.48. The zero-order valence-electron chi connectivity index (χ0n) is 14.9. The van der Waals surface area contributed by atoms with Crippen LogP contribution in [0.1, 0.15) is 38.5 Å². The van der Waals surface area contributed by atoms with Crippen LogP contribution in [0.3, 0.4) is 0 Å². The SMILES string of the molecule is CN(C1CCOCC1)[C@H]1CCN(C(=O)C2CCOCC2)CC[C@@H]1O. The molecule has 0 aliphatic carbocycles. The molecular formula is C18H32N2O4. The maximum Gasteiger partial charge on any atom is 0.225 e. The molecule has 0 radical (unpaired) electrons. The van der Waals surface area contributed by atoms with Crippen molar-refractivity contribution in [3.8, 4) is 0 Å². The third kappa shape index (κ3) is 4.28. The number of nitrogens with zero attached hydrogens (tertiary/aromatic N) is 2. The van der Waals surface area contributed by atoms with Crippen molar-refractivity contribution in [3.05, 3.63) is 0 Å². The Morgan fingerprint density at radius 1 is 0.958 bits per heavy atom. The van der Waals surface area contributed by atoms with E-state index in [1.165, 1.54) is 0 Å². The van der Waals surface area contributed by atoms with Crippen molar-refractivity contribution in [3.63, 3.8) is 0 Å². The maximum absolute atomic E-state index is 12.7. The number of aliphatic hydroxyl groups is 1. The highest BCUT2D eigenvalue weighted by atomic mass is 16.5. The van der Waals surface area contributed by atoms with Gasteiger partial charge in [-0.1, -0.05) is 0 Å². The molecule has 3 aliphatic rings. The normalized spacial score (nSPS) is 31.2. The number of rotatable bonds is 3. The summed E-state index contributed by atoms with van der Waals surface area (Å²) < 4.78 is 10.8. The standard InChI is InChI=1S/C18H32N2O4/c1-19(15-6-12-24-13-7-15)16-2-8-20(9-3-17(16)21)18(22)14-4-10-23-11-5-14/h14-17,21H,2-13H2,1H3/t16-,17-/m0/s1. The van der Waals surface area contributed by atoms with Gasteiger partial charge in [0.2, 0.25) is 5.91 Å². The van der Waals surface area contributed by atoms with E-state index in [4.69, 9.17) is 9.47 Å². The summed E-state index contributed by atoms with van der Waals surface area (Å²) in [7, 11) is 2.12. The molecule has 24 heavy (non-hydrogen) atoms. The lowest BCUT2D eigenvalue weighted by atomic mass is 9.98. The van der Waals surface area contributed by atoms with Crippen molar-refractivity contribution in [2.75, 3.05) is 46.6 Å². The molecule has 0 aromatic heterocycles. The van der Waals surface area contributed by atoms with Crippen LogP contribution in [0.5, 0.6) is 0 Å².